The number of amides is 3. The molecule has 0 unspecified atom stereocenters. The summed E-state index contributed by atoms with van der Waals surface area (Å²) in [6.07, 6.45) is 2.93. The van der Waals surface area contributed by atoms with Crippen LogP contribution in [0.5, 0.6) is 0 Å². The first-order valence-electron chi connectivity index (χ1n) is 8.87. The second-order valence-electron chi connectivity index (χ2n) is 6.66. The van der Waals surface area contributed by atoms with Gasteiger partial charge in [0.2, 0.25) is 0 Å². The van der Waals surface area contributed by atoms with E-state index in [1.165, 1.54) is 0 Å². The molecule has 138 valence electrons. The Morgan fingerprint density at radius 1 is 1.04 bits per heavy atom. The van der Waals surface area contributed by atoms with E-state index in [-0.39, 0.29) is 25.5 Å². The van der Waals surface area contributed by atoms with Gasteiger partial charge in [0, 0.05) is 19.6 Å². The van der Waals surface area contributed by atoms with Gasteiger partial charge in [0.1, 0.15) is 0 Å². The topological polar surface area (TPSA) is 84.0 Å². The van der Waals surface area contributed by atoms with Crippen molar-refractivity contribution in [1.29, 1.82) is 0 Å². The lowest BCUT2D eigenvalue weighted by molar-refractivity contribution is -0.152. The third kappa shape index (κ3) is 3.76. The van der Waals surface area contributed by atoms with Gasteiger partial charge >= 0.3 is 5.97 Å². The highest BCUT2D eigenvalue weighted by Gasteiger charge is 2.35. The predicted molar refractivity (Wildman–Crippen MR) is 92.6 cm³/mol. The smallest absolute Gasteiger partial charge is 0.308 e. The Morgan fingerprint density at radius 2 is 1.73 bits per heavy atom. The molecule has 3 amide bonds. The molecule has 0 spiro atoms. The van der Waals surface area contributed by atoms with E-state index in [4.69, 9.17) is 4.74 Å². The highest BCUT2D eigenvalue weighted by molar-refractivity contribution is 6.21. The van der Waals surface area contributed by atoms with Crippen molar-refractivity contribution in [3.8, 4) is 0 Å². The molecule has 2 aliphatic heterocycles. The third-order valence-corrected chi connectivity index (χ3v) is 4.73. The average molecular weight is 358 g/mol. The summed E-state index contributed by atoms with van der Waals surface area (Å²) in [4.78, 5) is 51.2. The van der Waals surface area contributed by atoms with E-state index in [1.54, 1.807) is 23.1 Å². The zero-order valence-corrected chi connectivity index (χ0v) is 14.8. The Balaban J connectivity index is 1.48. The minimum absolute atomic E-state index is 0.0534. The van der Waals surface area contributed by atoms with Crippen LogP contribution in [0.4, 0.5) is 0 Å². The summed E-state index contributed by atoms with van der Waals surface area (Å²) in [6.45, 7) is 2.90. The highest BCUT2D eigenvalue weighted by atomic mass is 16.5. The number of hydrogen-bond donors (Lipinski definition) is 0. The number of imide groups is 1. The van der Waals surface area contributed by atoms with Crippen LogP contribution in [-0.2, 0) is 14.3 Å². The first kappa shape index (κ1) is 18.1. The molecule has 7 heteroatoms. The number of fused-ring (bicyclic) bond motifs is 1. The molecule has 0 aromatic heterocycles. The summed E-state index contributed by atoms with van der Waals surface area (Å²) >= 11 is 0. The SMILES string of the molecule is Cc1ccc2c(c1)C(=O)N(CCC(=O)OCC(=O)N1CCCCC1)C2=O. The van der Waals surface area contributed by atoms with Crippen molar-refractivity contribution in [3.63, 3.8) is 0 Å². The quantitative estimate of drug-likeness (QED) is 0.589. The summed E-state index contributed by atoms with van der Waals surface area (Å²) in [5.41, 5.74) is 1.61. The molecule has 3 rings (SSSR count). The van der Waals surface area contributed by atoms with Gasteiger partial charge < -0.3 is 9.64 Å². The summed E-state index contributed by atoms with van der Waals surface area (Å²) < 4.78 is 5.00. The van der Waals surface area contributed by atoms with E-state index in [9.17, 15) is 19.2 Å². The maximum atomic E-state index is 12.3. The van der Waals surface area contributed by atoms with E-state index >= 15 is 0 Å². The molecule has 26 heavy (non-hydrogen) atoms. The maximum Gasteiger partial charge on any atom is 0.308 e. The van der Waals surface area contributed by atoms with Gasteiger partial charge in [-0.3, -0.25) is 24.1 Å². The molecular weight excluding hydrogens is 336 g/mol. The molecule has 0 atom stereocenters. The lowest BCUT2D eigenvalue weighted by Crippen LogP contribution is -2.38. The Kier molecular flexibility index (Phi) is 5.35. The highest BCUT2D eigenvalue weighted by Crippen LogP contribution is 2.24. The minimum Gasteiger partial charge on any atom is -0.456 e. The summed E-state index contributed by atoms with van der Waals surface area (Å²) in [6, 6.07) is 5.07. The third-order valence-electron chi connectivity index (χ3n) is 4.73. The van der Waals surface area contributed by atoms with Gasteiger partial charge in [0.05, 0.1) is 17.5 Å². The molecular formula is C19H22N2O5. The normalized spacial score (nSPS) is 16.7. The number of benzene rings is 1. The molecule has 1 aromatic carbocycles. The van der Waals surface area contributed by atoms with E-state index in [0.717, 1.165) is 29.7 Å². The fourth-order valence-corrected chi connectivity index (χ4v) is 3.26. The van der Waals surface area contributed by atoms with Gasteiger partial charge in [0.25, 0.3) is 17.7 Å². The summed E-state index contributed by atoms with van der Waals surface area (Å²) in [5, 5.41) is 0. The minimum atomic E-state index is -0.594. The molecule has 0 aliphatic carbocycles. The van der Waals surface area contributed by atoms with Crippen molar-refractivity contribution in [1.82, 2.24) is 9.80 Å². The van der Waals surface area contributed by atoms with Crippen LogP contribution in [0.15, 0.2) is 18.2 Å². The zero-order valence-electron chi connectivity index (χ0n) is 14.8. The second kappa shape index (κ2) is 7.68. The first-order valence-corrected chi connectivity index (χ1v) is 8.87. The fourth-order valence-electron chi connectivity index (χ4n) is 3.26. The molecule has 1 saturated heterocycles. The molecule has 0 bridgehead atoms. The molecule has 0 N–H and O–H groups in total. The Labute approximate surface area is 151 Å². The number of ether oxygens (including phenoxy) is 1. The van der Waals surface area contributed by atoms with Crippen molar-refractivity contribution < 1.29 is 23.9 Å². The Morgan fingerprint density at radius 3 is 2.46 bits per heavy atom. The molecule has 2 heterocycles. The number of nitrogens with zero attached hydrogens (tertiary/aromatic N) is 2. The van der Waals surface area contributed by atoms with Crippen LogP contribution in [0.3, 0.4) is 0 Å². The van der Waals surface area contributed by atoms with Crippen LogP contribution in [0.2, 0.25) is 0 Å². The number of likely N-dealkylation sites (tertiary alicyclic amines) is 1. The van der Waals surface area contributed by atoms with Crippen molar-refractivity contribution in [2.24, 2.45) is 0 Å². The summed E-state index contributed by atoms with van der Waals surface area (Å²) in [5.74, 6) is -1.59. The number of carbonyl (C=O) groups excluding carboxylic acids is 4. The van der Waals surface area contributed by atoms with Gasteiger partial charge in [-0.05, 0) is 38.3 Å². The Hall–Kier alpha value is -2.70. The van der Waals surface area contributed by atoms with Gasteiger partial charge in [0.15, 0.2) is 6.61 Å². The van der Waals surface area contributed by atoms with Gasteiger partial charge in [-0.15, -0.1) is 0 Å². The lowest BCUT2D eigenvalue weighted by atomic mass is 10.1. The van der Waals surface area contributed by atoms with E-state index in [1.807, 2.05) is 6.92 Å². The average Bonchev–Trinajstić information content (AvgIpc) is 2.88. The van der Waals surface area contributed by atoms with Crippen molar-refractivity contribution in [3.05, 3.63) is 34.9 Å². The van der Waals surface area contributed by atoms with Gasteiger partial charge in [-0.2, -0.15) is 0 Å². The van der Waals surface area contributed by atoms with Crippen LogP contribution in [0.25, 0.3) is 0 Å². The van der Waals surface area contributed by atoms with Crippen LogP contribution in [-0.4, -0.2) is 59.7 Å². The number of rotatable bonds is 5. The van der Waals surface area contributed by atoms with Crippen LogP contribution in [0, 0.1) is 6.92 Å². The van der Waals surface area contributed by atoms with Gasteiger partial charge in [-0.25, -0.2) is 0 Å². The first-order chi connectivity index (χ1) is 12.5. The van der Waals surface area contributed by atoms with Crippen LogP contribution >= 0.6 is 0 Å². The molecule has 7 nitrogen and oxygen atoms in total. The predicted octanol–water partition coefficient (Wildman–Crippen LogP) is 1.54. The van der Waals surface area contributed by atoms with Gasteiger partial charge in [-0.1, -0.05) is 11.6 Å². The molecule has 1 aromatic rings. The monoisotopic (exact) mass is 358 g/mol. The maximum absolute atomic E-state index is 12.3. The largest absolute Gasteiger partial charge is 0.456 e. The second-order valence-corrected chi connectivity index (χ2v) is 6.66. The number of esters is 1. The van der Waals surface area contributed by atoms with Crippen LogP contribution < -0.4 is 0 Å². The Bertz CT molecular complexity index is 752. The molecule has 1 fully saturated rings. The fraction of sp³-hybridized carbons (Fsp3) is 0.474. The van der Waals surface area contributed by atoms with E-state index in [2.05, 4.69) is 0 Å². The summed E-state index contributed by atoms with van der Waals surface area (Å²) in [7, 11) is 0. The standard InChI is InChI=1S/C19H22N2O5/c1-13-5-6-14-15(11-13)19(25)21(18(14)24)10-7-17(23)26-12-16(22)20-8-3-2-4-9-20/h5-6,11H,2-4,7-10,12H2,1H3. The number of carbonyl (C=O) groups is 4. The number of hydrogen-bond acceptors (Lipinski definition) is 5. The van der Waals surface area contributed by atoms with Crippen LogP contribution in [0.1, 0.15) is 52.0 Å². The van der Waals surface area contributed by atoms with E-state index in [0.29, 0.717) is 24.2 Å². The molecule has 0 saturated carbocycles. The number of piperidine rings is 1. The molecule has 0 radical (unpaired) electrons. The lowest BCUT2D eigenvalue weighted by Gasteiger charge is -2.26. The van der Waals surface area contributed by atoms with E-state index < -0.39 is 17.8 Å². The number of aryl methyl sites for hydroxylation is 1. The van der Waals surface area contributed by atoms with Crippen molar-refractivity contribution >= 4 is 23.7 Å². The van der Waals surface area contributed by atoms with Crippen molar-refractivity contribution in [2.75, 3.05) is 26.2 Å². The molecule has 2 aliphatic rings. The zero-order chi connectivity index (χ0) is 18.7. The van der Waals surface area contributed by atoms with Crippen molar-refractivity contribution in [2.45, 2.75) is 32.6 Å².